The molecule has 0 saturated carbocycles. The molecule has 0 aliphatic heterocycles. The molecule has 0 amide bonds. The standard InChI is InChI=1S/C15H13N3/c1-11-7-9-13(10-8-11)12(2)18-15-6-4-3-5-14(15)16-17-18/h3-10H,2H2,1H3. The lowest BCUT2D eigenvalue weighted by atomic mass is 10.1. The van der Waals surface area contributed by atoms with E-state index >= 15 is 0 Å². The summed E-state index contributed by atoms with van der Waals surface area (Å²) in [6.45, 7) is 6.17. The first-order valence-corrected chi connectivity index (χ1v) is 5.82. The van der Waals surface area contributed by atoms with Gasteiger partial charge in [0.05, 0.1) is 11.2 Å². The van der Waals surface area contributed by atoms with Gasteiger partial charge in [0.1, 0.15) is 5.52 Å². The largest absolute Gasteiger partial charge is 0.213 e. The van der Waals surface area contributed by atoms with Crippen LogP contribution in [0, 0.1) is 6.92 Å². The monoisotopic (exact) mass is 235 g/mol. The van der Waals surface area contributed by atoms with Crippen molar-refractivity contribution in [3.63, 3.8) is 0 Å². The Morgan fingerprint density at radius 2 is 1.78 bits per heavy atom. The van der Waals surface area contributed by atoms with E-state index < -0.39 is 0 Å². The molecule has 0 atom stereocenters. The summed E-state index contributed by atoms with van der Waals surface area (Å²) in [6, 6.07) is 16.1. The van der Waals surface area contributed by atoms with Crippen molar-refractivity contribution in [3.05, 3.63) is 66.2 Å². The highest BCUT2D eigenvalue weighted by Gasteiger charge is 2.07. The Hall–Kier alpha value is -2.42. The molecule has 0 unspecified atom stereocenters. The first kappa shape index (κ1) is 10.7. The zero-order valence-corrected chi connectivity index (χ0v) is 10.2. The molecule has 3 nitrogen and oxygen atoms in total. The minimum atomic E-state index is 0.837. The van der Waals surface area contributed by atoms with Crippen LogP contribution in [0.15, 0.2) is 55.1 Å². The van der Waals surface area contributed by atoms with Crippen molar-refractivity contribution >= 4 is 16.7 Å². The normalized spacial score (nSPS) is 10.7. The van der Waals surface area contributed by atoms with Gasteiger partial charge >= 0.3 is 0 Å². The summed E-state index contributed by atoms with van der Waals surface area (Å²) in [4.78, 5) is 0. The third-order valence-electron chi connectivity index (χ3n) is 2.99. The second-order valence-electron chi connectivity index (χ2n) is 4.30. The van der Waals surface area contributed by atoms with Crippen molar-refractivity contribution in [2.75, 3.05) is 0 Å². The first-order chi connectivity index (χ1) is 8.75. The number of para-hydroxylation sites is 1. The molecular formula is C15H13N3. The Morgan fingerprint density at radius 1 is 1.06 bits per heavy atom. The minimum absolute atomic E-state index is 0.837. The van der Waals surface area contributed by atoms with Crippen LogP contribution in [0.4, 0.5) is 0 Å². The molecule has 3 heteroatoms. The van der Waals surface area contributed by atoms with Gasteiger partial charge in [0.25, 0.3) is 0 Å². The van der Waals surface area contributed by atoms with E-state index in [-0.39, 0.29) is 0 Å². The molecule has 1 aromatic heterocycles. The van der Waals surface area contributed by atoms with Crippen LogP contribution in [0.2, 0.25) is 0 Å². The fourth-order valence-corrected chi connectivity index (χ4v) is 1.94. The van der Waals surface area contributed by atoms with Gasteiger partial charge in [0.15, 0.2) is 0 Å². The smallest absolute Gasteiger partial charge is 0.113 e. The van der Waals surface area contributed by atoms with Gasteiger partial charge in [-0.3, -0.25) is 0 Å². The van der Waals surface area contributed by atoms with Gasteiger partial charge in [-0.2, -0.15) is 0 Å². The number of aryl methyl sites for hydroxylation is 1. The number of hydrogen-bond donors (Lipinski definition) is 0. The lowest BCUT2D eigenvalue weighted by Gasteiger charge is -2.06. The fourth-order valence-electron chi connectivity index (χ4n) is 1.94. The van der Waals surface area contributed by atoms with Crippen LogP contribution in [-0.2, 0) is 0 Å². The molecular weight excluding hydrogens is 222 g/mol. The number of benzene rings is 2. The lowest BCUT2D eigenvalue weighted by Crippen LogP contribution is -1.99. The molecule has 3 rings (SSSR count). The average molecular weight is 235 g/mol. The van der Waals surface area contributed by atoms with Gasteiger partial charge in [0.2, 0.25) is 0 Å². The summed E-state index contributed by atoms with van der Waals surface area (Å²) >= 11 is 0. The van der Waals surface area contributed by atoms with Crippen molar-refractivity contribution < 1.29 is 0 Å². The number of fused-ring (bicyclic) bond motifs is 1. The van der Waals surface area contributed by atoms with E-state index in [2.05, 4.69) is 35.9 Å². The summed E-state index contributed by atoms with van der Waals surface area (Å²) in [5.74, 6) is 0. The zero-order chi connectivity index (χ0) is 12.5. The quantitative estimate of drug-likeness (QED) is 0.682. The van der Waals surface area contributed by atoms with Crippen LogP contribution >= 0.6 is 0 Å². The Balaban J connectivity index is 2.09. The predicted octanol–water partition coefficient (Wildman–Crippen LogP) is 3.26. The molecule has 0 radical (unpaired) electrons. The number of aromatic nitrogens is 3. The third kappa shape index (κ3) is 1.70. The zero-order valence-electron chi connectivity index (χ0n) is 10.2. The van der Waals surface area contributed by atoms with E-state index in [0.717, 1.165) is 22.3 Å². The van der Waals surface area contributed by atoms with Gasteiger partial charge in [-0.25, -0.2) is 4.68 Å². The summed E-state index contributed by atoms with van der Waals surface area (Å²) in [5, 5.41) is 8.30. The van der Waals surface area contributed by atoms with E-state index in [4.69, 9.17) is 0 Å². The lowest BCUT2D eigenvalue weighted by molar-refractivity contribution is 0.842. The van der Waals surface area contributed by atoms with E-state index in [1.807, 2.05) is 36.4 Å². The third-order valence-corrected chi connectivity index (χ3v) is 2.99. The molecule has 0 fully saturated rings. The molecule has 1 heterocycles. The summed E-state index contributed by atoms with van der Waals surface area (Å²) in [6.07, 6.45) is 0. The molecule has 0 spiro atoms. The summed E-state index contributed by atoms with van der Waals surface area (Å²) < 4.78 is 1.78. The molecule has 0 aliphatic rings. The minimum Gasteiger partial charge on any atom is -0.213 e. The van der Waals surface area contributed by atoms with Gasteiger partial charge in [-0.05, 0) is 24.6 Å². The second-order valence-corrected chi connectivity index (χ2v) is 4.30. The molecule has 0 saturated heterocycles. The Morgan fingerprint density at radius 3 is 2.56 bits per heavy atom. The average Bonchev–Trinajstić information content (AvgIpc) is 2.82. The van der Waals surface area contributed by atoms with Gasteiger partial charge in [-0.1, -0.05) is 53.8 Å². The molecule has 0 N–H and O–H groups in total. The van der Waals surface area contributed by atoms with Crippen LogP contribution in [0.5, 0.6) is 0 Å². The summed E-state index contributed by atoms with van der Waals surface area (Å²) in [5.41, 5.74) is 4.98. The van der Waals surface area contributed by atoms with Crippen molar-refractivity contribution in [2.45, 2.75) is 6.92 Å². The topological polar surface area (TPSA) is 30.7 Å². The van der Waals surface area contributed by atoms with E-state index in [1.165, 1.54) is 5.56 Å². The van der Waals surface area contributed by atoms with E-state index in [9.17, 15) is 0 Å². The SMILES string of the molecule is C=C(c1ccc(C)cc1)n1nnc2ccccc21. The predicted molar refractivity (Wildman–Crippen MR) is 73.1 cm³/mol. The molecule has 3 aromatic rings. The van der Waals surface area contributed by atoms with Crippen molar-refractivity contribution in [3.8, 4) is 0 Å². The molecule has 0 aliphatic carbocycles. The van der Waals surface area contributed by atoms with Crippen LogP contribution in [0.1, 0.15) is 11.1 Å². The first-order valence-electron chi connectivity index (χ1n) is 5.82. The number of nitrogens with zero attached hydrogens (tertiary/aromatic N) is 3. The Kier molecular flexibility index (Phi) is 2.45. The van der Waals surface area contributed by atoms with Crippen LogP contribution < -0.4 is 0 Å². The van der Waals surface area contributed by atoms with Crippen molar-refractivity contribution in [1.82, 2.24) is 15.0 Å². The van der Waals surface area contributed by atoms with Crippen molar-refractivity contribution in [1.29, 1.82) is 0 Å². The highest BCUT2D eigenvalue weighted by molar-refractivity contribution is 5.80. The van der Waals surface area contributed by atoms with E-state index in [1.54, 1.807) is 4.68 Å². The van der Waals surface area contributed by atoms with Gasteiger partial charge in [0, 0.05) is 0 Å². The van der Waals surface area contributed by atoms with Crippen LogP contribution in [-0.4, -0.2) is 15.0 Å². The second kappa shape index (κ2) is 4.11. The van der Waals surface area contributed by atoms with Gasteiger partial charge < -0.3 is 0 Å². The fraction of sp³-hybridized carbons (Fsp3) is 0.0667. The summed E-state index contributed by atoms with van der Waals surface area (Å²) in [7, 11) is 0. The van der Waals surface area contributed by atoms with Crippen molar-refractivity contribution in [2.24, 2.45) is 0 Å². The molecule has 0 bridgehead atoms. The Labute approximate surface area is 105 Å². The molecule has 18 heavy (non-hydrogen) atoms. The maximum absolute atomic E-state index is 4.16. The molecule has 88 valence electrons. The highest BCUT2D eigenvalue weighted by Crippen LogP contribution is 2.19. The number of hydrogen-bond acceptors (Lipinski definition) is 2. The Bertz CT molecular complexity index is 708. The van der Waals surface area contributed by atoms with Gasteiger partial charge in [-0.15, -0.1) is 5.10 Å². The number of rotatable bonds is 2. The van der Waals surface area contributed by atoms with Crippen LogP contribution in [0.3, 0.4) is 0 Å². The van der Waals surface area contributed by atoms with E-state index in [0.29, 0.717) is 0 Å². The maximum Gasteiger partial charge on any atom is 0.113 e. The molecule has 2 aromatic carbocycles. The van der Waals surface area contributed by atoms with Crippen LogP contribution in [0.25, 0.3) is 16.7 Å². The maximum atomic E-state index is 4.16. The highest BCUT2D eigenvalue weighted by atomic mass is 15.4.